The number of rotatable bonds is 1. The Bertz CT molecular complexity index is 253. The van der Waals surface area contributed by atoms with Gasteiger partial charge in [0, 0.05) is 34.4 Å². The summed E-state index contributed by atoms with van der Waals surface area (Å²) in [5.41, 5.74) is 0. The lowest BCUT2D eigenvalue weighted by atomic mass is 10.1. The van der Waals surface area contributed by atoms with Gasteiger partial charge in [-0.2, -0.15) is 0 Å². The molecular weight excluding hydrogens is 230 g/mol. The summed E-state index contributed by atoms with van der Waals surface area (Å²) in [5.74, 6) is 3.09. The monoisotopic (exact) mass is 243 g/mol. The van der Waals surface area contributed by atoms with Crippen molar-refractivity contribution in [2.75, 3.05) is 6.54 Å². The van der Waals surface area contributed by atoms with Gasteiger partial charge < -0.3 is 4.90 Å². The molecule has 0 spiro atoms. The first-order chi connectivity index (χ1) is 6.19. The van der Waals surface area contributed by atoms with E-state index in [1.807, 2.05) is 4.90 Å². The van der Waals surface area contributed by atoms with Gasteiger partial charge in [0.1, 0.15) is 0 Å². The molecule has 1 saturated heterocycles. The predicted molar refractivity (Wildman–Crippen MR) is 56.3 cm³/mol. The highest BCUT2D eigenvalue weighted by Gasteiger charge is 2.30. The summed E-state index contributed by atoms with van der Waals surface area (Å²) in [6.45, 7) is 5.15. The molecule has 0 bridgehead atoms. The smallest absolute Gasteiger partial charge is 0.299 e. The van der Waals surface area contributed by atoms with Gasteiger partial charge in [-0.05, 0) is 23.6 Å². The molecule has 72 valence electrons. The molecule has 0 aromatic carbocycles. The number of carbonyl (C=O) groups is 1. The Morgan fingerprint density at radius 2 is 2.38 bits per heavy atom. The number of carbonyl (C=O) groups excluding carboxylic acids is 1. The molecule has 0 saturated carbocycles. The zero-order valence-electron chi connectivity index (χ0n) is 8.01. The zero-order valence-corrected chi connectivity index (χ0v) is 9.60. The summed E-state index contributed by atoms with van der Waals surface area (Å²) >= 11 is 2.95. The minimum atomic E-state index is -0.0481. The topological polar surface area (TPSA) is 20.3 Å². The Balaban J connectivity index is 2.66. The van der Waals surface area contributed by atoms with E-state index < -0.39 is 0 Å². The molecule has 1 rings (SSSR count). The molecule has 1 heterocycles. The van der Waals surface area contributed by atoms with Gasteiger partial charge in [-0.25, -0.2) is 0 Å². The van der Waals surface area contributed by atoms with E-state index in [2.05, 4.69) is 40.5 Å². The van der Waals surface area contributed by atoms with Crippen LogP contribution in [0.1, 0.15) is 26.7 Å². The van der Waals surface area contributed by atoms with Crippen LogP contribution in [0.2, 0.25) is 0 Å². The van der Waals surface area contributed by atoms with Gasteiger partial charge in [0.15, 0.2) is 0 Å². The van der Waals surface area contributed by atoms with E-state index in [0.717, 1.165) is 19.4 Å². The van der Waals surface area contributed by atoms with Crippen molar-refractivity contribution in [3.05, 3.63) is 0 Å². The number of hydrogen-bond donors (Lipinski definition) is 0. The second-order valence-electron chi connectivity index (χ2n) is 3.58. The molecule has 2 atom stereocenters. The fraction of sp³-hybridized carbons (Fsp3) is 0.700. The molecule has 1 amide bonds. The molecule has 2 unspecified atom stereocenters. The lowest BCUT2D eigenvalue weighted by Gasteiger charge is -2.20. The van der Waals surface area contributed by atoms with Crippen LogP contribution in [0.15, 0.2) is 0 Å². The summed E-state index contributed by atoms with van der Waals surface area (Å²) in [4.78, 5) is 15.8. The first-order valence-electron chi connectivity index (χ1n) is 4.61. The summed E-state index contributed by atoms with van der Waals surface area (Å²) in [6.07, 6.45) is 2.15. The molecule has 3 heteroatoms. The average molecular weight is 244 g/mol. The molecule has 2 nitrogen and oxygen atoms in total. The molecule has 0 aromatic rings. The average Bonchev–Trinajstić information content (AvgIpc) is 2.47. The number of nitrogens with zero attached hydrogens (tertiary/aromatic N) is 1. The molecule has 0 N–H and O–H groups in total. The number of amides is 1. The largest absolute Gasteiger partial charge is 0.329 e. The molecule has 13 heavy (non-hydrogen) atoms. The highest BCUT2D eigenvalue weighted by molar-refractivity contribution is 9.12. The van der Waals surface area contributed by atoms with Crippen LogP contribution < -0.4 is 0 Å². The van der Waals surface area contributed by atoms with Crippen LogP contribution in [0.3, 0.4) is 0 Å². The Morgan fingerprint density at radius 1 is 1.69 bits per heavy atom. The Kier molecular flexibility index (Phi) is 3.80. The summed E-state index contributed by atoms with van der Waals surface area (Å²) in [6, 6.07) is 0.399. The predicted octanol–water partition coefficient (Wildman–Crippen LogP) is 1.99. The van der Waals surface area contributed by atoms with Crippen molar-refractivity contribution in [1.29, 1.82) is 0 Å². The second-order valence-corrected chi connectivity index (χ2v) is 3.98. The second kappa shape index (κ2) is 4.66. The minimum Gasteiger partial charge on any atom is -0.329 e. The maximum absolute atomic E-state index is 11.5. The van der Waals surface area contributed by atoms with Gasteiger partial charge in [0.25, 0.3) is 5.91 Å². The third-order valence-corrected chi connectivity index (χ3v) is 2.71. The van der Waals surface area contributed by atoms with Crippen molar-refractivity contribution >= 4 is 21.8 Å². The van der Waals surface area contributed by atoms with Crippen LogP contribution in [0.25, 0.3) is 0 Å². The van der Waals surface area contributed by atoms with Gasteiger partial charge in [-0.15, -0.1) is 0 Å². The molecular formula is C10H14BrNO. The van der Waals surface area contributed by atoms with Crippen molar-refractivity contribution in [3.63, 3.8) is 0 Å². The van der Waals surface area contributed by atoms with Crippen molar-refractivity contribution < 1.29 is 4.79 Å². The molecule has 1 fully saturated rings. The van der Waals surface area contributed by atoms with E-state index in [4.69, 9.17) is 0 Å². The maximum Gasteiger partial charge on any atom is 0.299 e. The fourth-order valence-corrected chi connectivity index (χ4v) is 2.07. The van der Waals surface area contributed by atoms with E-state index >= 15 is 0 Å². The van der Waals surface area contributed by atoms with Crippen LogP contribution in [0, 0.1) is 16.7 Å². The van der Waals surface area contributed by atoms with E-state index in [9.17, 15) is 4.79 Å². The highest BCUT2D eigenvalue weighted by atomic mass is 79.9. The van der Waals surface area contributed by atoms with E-state index in [0.29, 0.717) is 12.0 Å². The van der Waals surface area contributed by atoms with Crippen molar-refractivity contribution in [2.45, 2.75) is 32.7 Å². The van der Waals surface area contributed by atoms with E-state index in [1.54, 1.807) is 0 Å². The van der Waals surface area contributed by atoms with E-state index in [1.165, 1.54) is 0 Å². The van der Waals surface area contributed by atoms with Gasteiger partial charge in [-0.3, -0.25) is 4.79 Å². The van der Waals surface area contributed by atoms with Crippen LogP contribution in [0.5, 0.6) is 0 Å². The maximum atomic E-state index is 11.5. The minimum absolute atomic E-state index is 0.0481. The Labute approximate surface area is 87.8 Å². The normalized spacial score (nSPS) is 26.8. The SMILES string of the molecule is CCC1CC(C)CN1C(=O)C#CBr. The molecule has 0 aliphatic carbocycles. The van der Waals surface area contributed by atoms with Gasteiger partial charge in [0.05, 0.1) is 0 Å². The Morgan fingerprint density at radius 3 is 2.92 bits per heavy atom. The summed E-state index contributed by atoms with van der Waals surface area (Å²) in [7, 11) is 0. The Hall–Kier alpha value is -0.490. The van der Waals surface area contributed by atoms with Crippen LogP contribution in [-0.2, 0) is 4.79 Å². The van der Waals surface area contributed by atoms with Gasteiger partial charge >= 0.3 is 0 Å². The third-order valence-electron chi connectivity index (χ3n) is 2.51. The molecule has 0 aromatic heterocycles. The summed E-state index contributed by atoms with van der Waals surface area (Å²) in [5, 5.41) is 0. The molecule has 1 aliphatic heterocycles. The number of hydrogen-bond acceptors (Lipinski definition) is 1. The summed E-state index contributed by atoms with van der Waals surface area (Å²) < 4.78 is 0. The lowest BCUT2D eigenvalue weighted by molar-refractivity contribution is -0.126. The third kappa shape index (κ3) is 2.47. The molecule has 0 radical (unpaired) electrons. The lowest BCUT2D eigenvalue weighted by Crippen LogP contribution is -2.34. The van der Waals surface area contributed by atoms with Crippen molar-refractivity contribution in [3.8, 4) is 10.8 Å². The van der Waals surface area contributed by atoms with E-state index in [-0.39, 0.29) is 5.91 Å². The van der Waals surface area contributed by atoms with Crippen LogP contribution in [-0.4, -0.2) is 23.4 Å². The van der Waals surface area contributed by atoms with Crippen LogP contribution >= 0.6 is 15.9 Å². The number of halogens is 1. The zero-order chi connectivity index (χ0) is 9.84. The van der Waals surface area contributed by atoms with Crippen molar-refractivity contribution in [2.24, 2.45) is 5.92 Å². The first kappa shape index (κ1) is 10.6. The highest BCUT2D eigenvalue weighted by Crippen LogP contribution is 2.24. The van der Waals surface area contributed by atoms with Gasteiger partial charge in [-0.1, -0.05) is 13.8 Å². The van der Waals surface area contributed by atoms with Crippen molar-refractivity contribution in [1.82, 2.24) is 4.90 Å². The standard InChI is InChI=1S/C10H14BrNO/c1-3-9-6-8(2)7-12(9)10(13)4-5-11/h8-9H,3,6-7H2,1-2H3. The van der Waals surface area contributed by atoms with Crippen LogP contribution in [0.4, 0.5) is 0 Å². The first-order valence-corrected chi connectivity index (χ1v) is 5.40. The number of likely N-dealkylation sites (tertiary alicyclic amines) is 1. The fourth-order valence-electron chi connectivity index (χ4n) is 1.90. The van der Waals surface area contributed by atoms with Gasteiger partial charge in [0.2, 0.25) is 0 Å². The molecule has 1 aliphatic rings. The quantitative estimate of drug-likeness (QED) is 0.646.